The Morgan fingerprint density at radius 3 is 2.30 bits per heavy atom. The average molecular weight is 409 g/mol. The molecule has 0 radical (unpaired) electrons. The highest BCUT2D eigenvalue weighted by Gasteiger charge is 2.48. The number of carbonyl (C=O) groups excluding carboxylic acids is 3. The van der Waals surface area contributed by atoms with Gasteiger partial charge in [0.1, 0.15) is 12.4 Å². The van der Waals surface area contributed by atoms with Gasteiger partial charge in [-0.1, -0.05) is 25.0 Å². The third-order valence-electron chi connectivity index (χ3n) is 6.00. The Morgan fingerprint density at radius 1 is 1.07 bits per heavy atom. The topological polar surface area (TPSA) is 87.5 Å². The van der Waals surface area contributed by atoms with E-state index in [0.717, 1.165) is 41.8 Å². The number of amides is 3. The summed E-state index contributed by atoms with van der Waals surface area (Å²) in [6, 6.07) is 9.81. The van der Waals surface area contributed by atoms with Gasteiger partial charge in [-0.2, -0.15) is 5.10 Å². The number of fused-ring (bicyclic) bond motifs is 1. The lowest BCUT2D eigenvalue weighted by Crippen LogP contribution is -2.38. The Balaban J connectivity index is 1.39. The first-order valence-electron chi connectivity index (χ1n) is 10.4. The number of imide groups is 1. The van der Waals surface area contributed by atoms with E-state index in [9.17, 15) is 14.4 Å². The number of carbonyl (C=O) groups is 3. The fraction of sp³-hybridized carbons (Fsp3) is 0.455. The predicted molar refractivity (Wildman–Crippen MR) is 113 cm³/mol. The maximum atomic E-state index is 12.6. The van der Waals surface area contributed by atoms with Gasteiger partial charge in [0.25, 0.3) is 0 Å². The molecule has 30 heavy (non-hydrogen) atoms. The van der Waals surface area contributed by atoms with Crippen molar-refractivity contribution < 1.29 is 14.4 Å². The van der Waals surface area contributed by atoms with Crippen LogP contribution in [0.3, 0.4) is 0 Å². The van der Waals surface area contributed by atoms with Crippen LogP contribution in [0.25, 0.3) is 0 Å². The summed E-state index contributed by atoms with van der Waals surface area (Å²) in [5.74, 6) is -0.735. The molecule has 0 bridgehead atoms. The van der Waals surface area contributed by atoms with Gasteiger partial charge in [-0.25, -0.2) is 4.68 Å². The van der Waals surface area contributed by atoms with E-state index in [1.807, 2.05) is 43.3 Å². The summed E-state index contributed by atoms with van der Waals surface area (Å²) in [6.07, 6.45) is 5.04. The largest absolute Gasteiger partial charge is 0.378 e. The average Bonchev–Trinajstić information content (AvgIpc) is 3.26. The number of anilines is 2. The lowest BCUT2D eigenvalue weighted by molar-refractivity contribution is -0.142. The molecular weight excluding hydrogens is 382 g/mol. The molecule has 4 rings (SSSR count). The van der Waals surface area contributed by atoms with Gasteiger partial charge in [0.2, 0.25) is 17.7 Å². The van der Waals surface area contributed by atoms with Crippen molar-refractivity contribution in [2.45, 2.75) is 32.2 Å². The monoisotopic (exact) mass is 409 g/mol. The van der Waals surface area contributed by atoms with Crippen LogP contribution in [0.5, 0.6) is 0 Å². The van der Waals surface area contributed by atoms with E-state index < -0.39 is 0 Å². The number of nitrogens with one attached hydrogen (secondary N) is 1. The van der Waals surface area contributed by atoms with E-state index in [2.05, 4.69) is 10.4 Å². The van der Waals surface area contributed by atoms with Crippen LogP contribution in [-0.4, -0.2) is 53.0 Å². The minimum Gasteiger partial charge on any atom is -0.378 e. The highest BCUT2D eigenvalue weighted by atomic mass is 16.2. The van der Waals surface area contributed by atoms with Gasteiger partial charge in [-0.15, -0.1) is 0 Å². The van der Waals surface area contributed by atoms with Crippen LogP contribution >= 0.6 is 0 Å². The van der Waals surface area contributed by atoms with Crippen LogP contribution in [0.1, 0.15) is 31.2 Å². The quantitative estimate of drug-likeness (QED) is 0.739. The van der Waals surface area contributed by atoms with Crippen molar-refractivity contribution in [2.24, 2.45) is 11.8 Å². The number of hydrogen-bond acceptors (Lipinski definition) is 5. The summed E-state index contributed by atoms with van der Waals surface area (Å²) in [7, 11) is 3.97. The summed E-state index contributed by atoms with van der Waals surface area (Å²) in [5, 5.41) is 7.08. The van der Waals surface area contributed by atoms with Crippen molar-refractivity contribution in [1.29, 1.82) is 0 Å². The first-order valence-corrected chi connectivity index (χ1v) is 10.4. The van der Waals surface area contributed by atoms with Gasteiger partial charge in [-0.05, 0) is 30.5 Å². The van der Waals surface area contributed by atoms with Crippen molar-refractivity contribution in [2.75, 3.05) is 30.9 Å². The van der Waals surface area contributed by atoms with E-state index in [4.69, 9.17) is 0 Å². The Hall–Kier alpha value is -3.16. The van der Waals surface area contributed by atoms with E-state index in [1.165, 1.54) is 0 Å². The van der Waals surface area contributed by atoms with Gasteiger partial charge < -0.3 is 10.2 Å². The SMILES string of the molecule is CN(C)c1ccc(Cn2nccc2NC(=O)CN2C(=O)C3CCCCC3C2=O)cc1. The van der Waals surface area contributed by atoms with Crippen LogP contribution in [0.4, 0.5) is 11.5 Å². The maximum absolute atomic E-state index is 12.6. The fourth-order valence-corrected chi connectivity index (χ4v) is 4.35. The second kappa shape index (κ2) is 8.30. The zero-order chi connectivity index (χ0) is 21.3. The van der Waals surface area contributed by atoms with Crippen molar-refractivity contribution in [1.82, 2.24) is 14.7 Å². The predicted octanol–water partition coefficient (Wildman–Crippen LogP) is 2.11. The van der Waals surface area contributed by atoms with Gasteiger partial charge >= 0.3 is 0 Å². The molecule has 2 aliphatic rings. The third kappa shape index (κ3) is 3.94. The van der Waals surface area contributed by atoms with Crippen LogP contribution in [-0.2, 0) is 20.9 Å². The molecule has 1 aromatic heterocycles. The van der Waals surface area contributed by atoms with Crippen molar-refractivity contribution in [3.63, 3.8) is 0 Å². The molecule has 2 fully saturated rings. The second-order valence-electron chi connectivity index (χ2n) is 8.24. The molecule has 1 aliphatic heterocycles. The van der Waals surface area contributed by atoms with Crippen LogP contribution < -0.4 is 10.2 Å². The molecule has 1 aromatic carbocycles. The number of likely N-dealkylation sites (tertiary alicyclic amines) is 1. The molecule has 1 saturated carbocycles. The smallest absolute Gasteiger partial charge is 0.245 e. The number of aromatic nitrogens is 2. The van der Waals surface area contributed by atoms with Crippen LogP contribution in [0.15, 0.2) is 36.5 Å². The molecule has 1 saturated heterocycles. The Labute approximate surface area is 175 Å². The van der Waals surface area contributed by atoms with E-state index in [-0.39, 0.29) is 36.1 Å². The Morgan fingerprint density at radius 2 is 1.70 bits per heavy atom. The lowest BCUT2D eigenvalue weighted by atomic mass is 9.81. The Bertz CT molecular complexity index is 926. The molecule has 1 N–H and O–H groups in total. The van der Waals surface area contributed by atoms with Gasteiger partial charge in [0, 0.05) is 25.8 Å². The second-order valence-corrected chi connectivity index (χ2v) is 8.24. The fourth-order valence-electron chi connectivity index (χ4n) is 4.35. The normalized spacial score (nSPS) is 20.9. The zero-order valence-corrected chi connectivity index (χ0v) is 17.4. The number of rotatable bonds is 6. The number of hydrogen-bond donors (Lipinski definition) is 1. The zero-order valence-electron chi connectivity index (χ0n) is 17.4. The minimum atomic E-state index is -0.389. The van der Waals surface area contributed by atoms with Gasteiger partial charge in [-0.3, -0.25) is 19.3 Å². The van der Waals surface area contributed by atoms with Crippen molar-refractivity contribution in [3.05, 3.63) is 42.1 Å². The standard InChI is InChI=1S/C22H27N5O3/c1-25(2)16-9-7-15(8-10-16)13-27-19(11-12-23-27)24-20(28)14-26-21(29)17-5-3-4-6-18(17)22(26)30/h7-12,17-18H,3-6,13-14H2,1-2H3,(H,24,28). The van der Waals surface area contributed by atoms with Crippen molar-refractivity contribution in [3.8, 4) is 0 Å². The first kappa shape index (κ1) is 20.1. The maximum Gasteiger partial charge on any atom is 0.245 e. The third-order valence-corrected chi connectivity index (χ3v) is 6.00. The highest BCUT2D eigenvalue weighted by molar-refractivity contribution is 6.08. The summed E-state index contributed by atoms with van der Waals surface area (Å²) in [6.45, 7) is 0.259. The van der Waals surface area contributed by atoms with Gasteiger partial charge in [0.05, 0.1) is 24.6 Å². The summed E-state index contributed by atoms with van der Waals surface area (Å²) in [4.78, 5) is 40.9. The molecule has 158 valence electrons. The molecule has 2 aromatic rings. The molecule has 2 heterocycles. The molecule has 0 spiro atoms. The Kier molecular flexibility index (Phi) is 5.57. The summed E-state index contributed by atoms with van der Waals surface area (Å²) >= 11 is 0. The molecule has 8 nitrogen and oxygen atoms in total. The highest BCUT2D eigenvalue weighted by Crippen LogP contribution is 2.37. The van der Waals surface area contributed by atoms with E-state index in [0.29, 0.717) is 12.4 Å². The molecule has 8 heteroatoms. The molecule has 1 aliphatic carbocycles. The number of benzene rings is 1. The number of nitrogens with zero attached hydrogens (tertiary/aromatic N) is 4. The first-order chi connectivity index (χ1) is 14.4. The van der Waals surface area contributed by atoms with Gasteiger partial charge in [0.15, 0.2) is 0 Å². The van der Waals surface area contributed by atoms with E-state index in [1.54, 1.807) is 16.9 Å². The van der Waals surface area contributed by atoms with Crippen LogP contribution in [0.2, 0.25) is 0 Å². The summed E-state index contributed by atoms with van der Waals surface area (Å²) < 4.78 is 1.69. The molecule has 2 unspecified atom stereocenters. The van der Waals surface area contributed by atoms with E-state index >= 15 is 0 Å². The molecule has 3 amide bonds. The minimum absolute atomic E-state index is 0.200. The van der Waals surface area contributed by atoms with Crippen LogP contribution in [0, 0.1) is 11.8 Å². The molecular formula is C22H27N5O3. The lowest BCUT2D eigenvalue weighted by Gasteiger charge is -2.19. The molecule has 2 atom stereocenters. The summed E-state index contributed by atoms with van der Waals surface area (Å²) in [5.41, 5.74) is 2.15. The van der Waals surface area contributed by atoms with Crippen molar-refractivity contribution >= 4 is 29.2 Å².